The zero-order chi connectivity index (χ0) is 19.1. The van der Waals surface area contributed by atoms with Gasteiger partial charge in [0.05, 0.1) is 11.0 Å². The number of likely N-dealkylation sites (N-methyl/N-ethyl adjacent to an activating group) is 1. The average Bonchev–Trinajstić information content (AvgIpc) is 3.02. The monoisotopic (exact) mass is 422 g/mol. The molecule has 3 rings (SSSR count). The first kappa shape index (κ1) is 22.0. The Morgan fingerprint density at radius 2 is 1.89 bits per heavy atom. The topological polar surface area (TPSA) is 68.2 Å². The first-order valence-corrected chi connectivity index (χ1v) is 9.35. The number of nitrogens with one attached hydrogen (secondary N) is 2. The third-order valence-corrected chi connectivity index (χ3v) is 4.34. The molecule has 0 atom stereocenters. The number of aromatic nitrogens is 2. The molecule has 2 aromatic carbocycles. The lowest BCUT2D eigenvalue weighted by atomic mass is 10.3. The summed E-state index contributed by atoms with van der Waals surface area (Å²) in [5, 5.41) is 6.76. The van der Waals surface area contributed by atoms with E-state index in [4.69, 9.17) is 16.3 Å². The van der Waals surface area contributed by atoms with Crippen LogP contribution in [-0.4, -0.2) is 35.1 Å². The van der Waals surface area contributed by atoms with Gasteiger partial charge in [-0.1, -0.05) is 30.7 Å². The highest BCUT2D eigenvalue weighted by Gasteiger charge is 2.14. The number of carbonyl (C=O) groups is 1. The molecule has 3 aromatic rings. The van der Waals surface area contributed by atoms with Gasteiger partial charge < -0.3 is 19.9 Å². The second-order valence-electron chi connectivity index (χ2n) is 6.05. The highest BCUT2D eigenvalue weighted by atomic mass is 35.5. The van der Waals surface area contributed by atoms with E-state index < -0.39 is 0 Å². The van der Waals surface area contributed by atoms with Gasteiger partial charge in [0.25, 0.3) is 0 Å². The molecular weight excluding hydrogens is 399 g/mol. The van der Waals surface area contributed by atoms with Gasteiger partial charge >= 0.3 is 0 Å². The van der Waals surface area contributed by atoms with Crippen molar-refractivity contribution in [3.8, 4) is 5.75 Å². The number of benzene rings is 2. The first-order chi connectivity index (χ1) is 13.2. The zero-order valence-corrected chi connectivity index (χ0v) is 17.2. The van der Waals surface area contributed by atoms with Crippen molar-refractivity contribution in [2.75, 3.05) is 19.6 Å². The van der Waals surface area contributed by atoms with Crippen LogP contribution in [0.2, 0.25) is 5.02 Å². The van der Waals surface area contributed by atoms with Crippen molar-refractivity contribution >= 4 is 40.9 Å². The van der Waals surface area contributed by atoms with E-state index in [2.05, 4.69) is 15.6 Å². The van der Waals surface area contributed by atoms with Crippen molar-refractivity contribution < 1.29 is 9.53 Å². The van der Waals surface area contributed by atoms with Gasteiger partial charge in [0, 0.05) is 18.1 Å². The Kier molecular flexibility index (Phi) is 8.57. The van der Waals surface area contributed by atoms with Crippen molar-refractivity contribution in [3.05, 3.63) is 59.4 Å². The predicted molar refractivity (Wildman–Crippen MR) is 114 cm³/mol. The molecule has 1 aromatic heterocycles. The molecule has 0 fully saturated rings. The molecule has 0 spiro atoms. The van der Waals surface area contributed by atoms with Crippen LogP contribution in [0, 0.1) is 0 Å². The maximum absolute atomic E-state index is 12.3. The van der Waals surface area contributed by atoms with Gasteiger partial charge in [-0.3, -0.25) is 4.79 Å². The Morgan fingerprint density at radius 3 is 2.64 bits per heavy atom. The smallest absolute Gasteiger partial charge is 0.240 e. The number of nitrogens with zero attached hydrogens (tertiary/aromatic N) is 2. The number of fused-ring (bicyclic) bond motifs is 1. The molecule has 2 N–H and O–H groups in total. The van der Waals surface area contributed by atoms with Crippen molar-refractivity contribution in [3.63, 3.8) is 0 Å². The van der Waals surface area contributed by atoms with Gasteiger partial charge in [0.15, 0.2) is 0 Å². The van der Waals surface area contributed by atoms with Crippen LogP contribution in [0.5, 0.6) is 5.75 Å². The van der Waals surface area contributed by atoms with Crippen molar-refractivity contribution in [1.82, 2.24) is 20.2 Å². The van der Waals surface area contributed by atoms with Gasteiger partial charge in [-0.05, 0) is 42.9 Å². The third-order valence-electron chi connectivity index (χ3n) is 4.09. The number of ether oxygens (including phenoxy) is 1. The molecule has 0 saturated heterocycles. The molecule has 28 heavy (non-hydrogen) atoms. The lowest BCUT2D eigenvalue weighted by Crippen LogP contribution is -2.34. The number of para-hydroxylation sites is 2. The van der Waals surface area contributed by atoms with E-state index in [1.54, 1.807) is 12.1 Å². The molecule has 8 heteroatoms. The summed E-state index contributed by atoms with van der Waals surface area (Å²) < 4.78 is 7.72. The fourth-order valence-electron chi connectivity index (χ4n) is 2.76. The standard InChI is InChI=1S/C20H23ClN4O2.ClH/c1-2-22-11-12-23-20(26)13-25-18-6-4-3-5-17(18)24-19(25)14-27-16-9-7-15(21)8-10-16;/h3-10,22H,2,11-14H2,1H3,(H,23,26);1H. The quantitative estimate of drug-likeness (QED) is 0.518. The summed E-state index contributed by atoms with van der Waals surface area (Å²) in [6.45, 7) is 4.73. The number of amides is 1. The Hall–Kier alpha value is -2.28. The van der Waals surface area contributed by atoms with Crippen molar-refractivity contribution in [2.24, 2.45) is 0 Å². The number of hydrogen-bond acceptors (Lipinski definition) is 4. The Labute approximate surface area is 175 Å². The Balaban J connectivity index is 0.00000280. The van der Waals surface area contributed by atoms with Gasteiger partial charge in [-0.2, -0.15) is 0 Å². The lowest BCUT2D eigenvalue weighted by molar-refractivity contribution is -0.121. The summed E-state index contributed by atoms with van der Waals surface area (Å²) in [6.07, 6.45) is 0. The molecule has 0 aliphatic heterocycles. The third kappa shape index (κ3) is 5.86. The predicted octanol–water partition coefficient (Wildman–Crippen LogP) is 3.42. The van der Waals surface area contributed by atoms with Crippen LogP contribution in [0.1, 0.15) is 12.7 Å². The molecule has 0 bridgehead atoms. The normalized spacial score (nSPS) is 10.5. The average molecular weight is 423 g/mol. The summed E-state index contributed by atoms with van der Waals surface area (Å²) in [4.78, 5) is 17.0. The summed E-state index contributed by atoms with van der Waals surface area (Å²) >= 11 is 5.91. The molecule has 0 unspecified atom stereocenters. The summed E-state index contributed by atoms with van der Waals surface area (Å²) in [5.74, 6) is 1.35. The number of halogens is 2. The van der Waals surface area contributed by atoms with Crippen molar-refractivity contribution in [1.29, 1.82) is 0 Å². The molecule has 0 saturated carbocycles. The van der Waals surface area contributed by atoms with Gasteiger partial charge in [-0.25, -0.2) is 4.98 Å². The fourth-order valence-corrected chi connectivity index (χ4v) is 2.88. The second-order valence-corrected chi connectivity index (χ2v) is 6.49. The van der Waals surface area contributed by atoms with Crippen LogP contribution in [0.15, 0.2) is 48.5 Å². The maximum Gasteiger partial charge on any atom is 0.240 e. The highest BCUT2D eigenvalue weighted by molar-refractivity contribution is 6.30. The minimum Gasteiger partial charge on any atom is -0.486 e. The molecule has 0 radical (unpaired) electrons. The number of carbonyl (C=O) groups excluding carboxylic acids is 1. The molecule has 0 aliphatic rings. The van der Waals surface area contributed by atoms with Crippen LogP contribution < -0.4 is 15.4 Å². The highest BCUT2D eigenvalue weighted by Crippen LogP contribution is 2.19. The zero-order valence-electron chi connectivity index (χ0n) is 15.7. The maximum atomic E-state index is 12.3. The number of imidazole rings is 1. The molecule has 1 heterocycles. The summed E-state index contributed by atoms with van der Waals surface area (Å²) in [6, 6.07) is 14.9. The van der Waals surface area contributed by atoms with Gasteiger partial charge in [0.2, 0.25) is 5.91 Å². The van der Waals surface area contributed by atoms with Gasteiger partial charge in [-0.15, -0.1) is 12.4 Å². The van der Waals surface area contributed by atoms with Gasteiger partial charge in [0.1, 0.15) is 24.7 Å². The summed E-state index contributed by atoms with van der Waals surface area (Å²) in [7, 11) is 0. The summed E-state index contributed by atoms with van der Waals surface area (Å²) in [5.41, 5.74) is 1.75. The molecule has 0 aliphatic carbocycles. The molecular formula is C20H24Cl2N4O2. The Morgan fingerprint density at radius 1 is 1.14 bits per heavy atom. The second kappa shape index (κ2) is 10.9. The van der Waals surface area contributed by atoms with Crippen LogP contribution in [0.4, 0.5) is 0 Å². The van der Waals surface area contributed by atoms with E-state index >= 15 is 0 Å². The number of hydrogen-bond donors (Lipinski definition) is 2. The van der Waals surface area contributed by atoms with E-state index in [0.717, 1.165) is 24.1 Å². The molecule has 1 amide bonds. The largest absolute Gasteiger partial charge is 0.486 e. The van der Waals surface area contributed by atoms with Crippen molar-refractivity contribution in [2.45, 2.75) is 20.1 Å². The lowest BCUT2D eigenvalue weighted by Gasteiger charge is -2.11. The SMILES string of the molecule is CCNCCNC(=O)Cn1c(COc2ccc(Cl)cc2)nc2ccccc21.Cl. The van der Waals surface area contributed by atoms with E-state index in [0.29, 0.717) is 23.1 Å². The van der Waals surface area contributed by atoms with E-state index in [-0.39, 0.29) is 31.5 Å². The molecule has 6 nitrogen and oxygen atoms in total. The fraction of sp³-hybridized carbons (Fsp3) is 0.300. The van der Waals surface area contributed by atoms with E-state index in [1.165, 1.54) is 0 Å². The number of rotatable bonds is 9. The minimum absolute atomic E-state index is 0. The van der Waals surface area contributed by atoms with Crippen LogP contribution >= 0.6 is 24.0 Å². The van der Waals surface area contributed by atoms with Crippen LogP contribution in [-0.2, 0) is 17.9 Å². The Bertz CT molecular complexity index is 897. The van der Waals surface area contributed by atoms with E-state index in [1.807, 2.05) is 47.9 Å². The van der Waals surface area contributed by atoms with E-state index in [9.17, 15) is 4.79 Å². The minimum atomic E-state index is -0.0520. The molecule has 150 valence electrons. The van der Waals surface area contributed by atoms with Crippen LogP contribution in [0.25, 0.3) is 11.0 Å². The first-order valence-electron chi connectivity index (χ1n) is 8.97. The van der Waals surface area contributed by atoms with Crippen LogP contribution in [0.3, 0.4) is 0 Å².